The van der Waals surface area contributed by atoms with Crippen LogP contribution in [0.3, 0.4) is 0 Å². The van der Waals surface area contributed by atoms with Crippen LogP contribution >= 0.6 is 23.4 Å². The molecular formula is C18H14ClNO2S. The van der Waals surface area contributed by atoms with E-state index in [1.54, 1.807) is 13.0 Å². The van der Waals surface area contributed by atoms with Gasteiger partial charge in [-0.05, 0) is 48.9 Å². The van der Waals surface area contributed by atoms with Crippen molar-refractivity contribution in [3.8, 4) is 6.07 Å². The van der Waals surface area contributed by atoms with E-state index in [-0.39, 0.29) is 12.2 Å². The van der Waals surface area contributed by atoms with Gasteiger partial charge in [0.05, 0.1) is 6.61 Å². The molecule has 0 amide bonds. The summed E-state index contributed by atoms with van der Waals surface area (Å²) < 4.78 is 4.89. The van der Waals surface area contributed by atoms with Crippen LogP contribution in [-0.2, 0) is 9.53 Å². The lowest BCUT2D eigenvalue weighted by atomic mass is 10.1. The molecule has 0 bridgehead atoms. The minimum atomic E-state index is -0.610. The zero-order chi connectivity index (χ0) is 16.7. The summed E-state index contributed by atoms with van der Waals surface area (Å²) in [6.45, 7) is 1.94. The van der Waals surface area contributed by atoms with Gasteiger partial charge in [-0.25, -0.2) is 4.79 Å². The molecule has 3 nitrogen and oxygen atoms in total. The smallest absolute Gasteiger partial charge is 0.348 e. The second-order valence-corrected chi connectivity index (χ2v) is 6.04. The zero-order valence-electron chi connectivity index (χ0n) is 12.5. The summed E-state index contributed by atoms with van der Waals surface area (Å²) in [5.74, 6) is -0.610. The fourth-order valence-corrected chi connectivity index (χ4v) is 2.87. The van der Waals surface area contributed by atoms with E-state index < -0.39 is 5.97 Å². The maximum atomic E-state index is 11.8. The topological polar surface area (TPSA) is 50.1 Å². The van der Waals surface area contributed by atoms with E-state index in [0.29, 0.717) is 5.02 Å². The number of hydrogen-bond acceptors (Lipinski definition) is 4. The third kappa shape index (κ3) is 4.88. The van der Waals surface area contributed by atoms with Crippen LogP contribution in [0.25, 0.3) is 6.08 Å². The Morgan fingerprint density at radius 1 is 1.26 bits per heavy atom. The van der Waals surface area contributed by atoms with E-state index in [4.69, 9.17) is 21.6 Å². The summed E-state index contributed by atoms with van der Waals surface area (Å²) in [4.78, 5) is 13.7. The summed E-state index contributed by atoms with van der Waals surface area (Å²) in [5, 5.41) is 9.83. The first-order valence-corrected chi connectivity index (χ1v) is 8.15. The predicted molar refractivity (Wildman–Crippen MR) is 92.2 cm³/mol. The van der Waals surface area contributed by atoms with E-state index >= 15 is 0 Å². The van der Waals surface area contributed by atoms with Gasteiger partial charge in [-0.2, -0.15) is 5.26 Å². The molecule has 0 heterocycles. The molecule has 2 rings (SSSR count). The Labute approximate surface area is 144 Å². The minimum Gasteiger partial charge on any atom is -0.462 e. The molecule has 2 aromatic rings. The third-order valence-corrected chi connectivity index (χ3v) is 4.23. The van der Waals surface area contributed by atoms with E-state index in [0.717, 1.165) is 15.4 Å². The molecule has 0 atom stereocenters. The highest BCUT2D eigenvalue weighted by Gasteiger charge is 2.11. The number of halogens is 1. The van der Waals surface area contributed by atoms with Crippen molar-refractivity contribution in [3.63, 3.8) is 0 Å². The van der Waals surface area contributed by atoms with Crippen molar-refractivity contribution < 1.29 is 9.53 Å². The molecule has 0 saturated heterocycles. The number of benzene rings is 2. The van der Waals surface area contributed by atoms with Crippen molar-refractivity contribution in [2.45, 2.75) is 16.7 Å². The predicted octanol–water partition coefficient (Wildman–Crippen LogP) is 4.96. The summed E-state index contributed by atoms with van der Waals surface area (Å²) in [7, 11) is 0. The maximum absolute atomic E-state index is 11.8. The number of carbonyl (C=O) groups excluding carboxylic acids is 1. The maximum Gasteiger partial charge on any atom is 0.348 e. The van der Waals surface area contributed by atoms with Gasteiger partial charge in [-0.3, -0.25) is 0 Å². The fraction of sp³-hybridized carbons (Fsp3) is 0.111. The summed E-state index contributed by atoms with van der Waals surface area (Å²) in [6.07, 6.45) is 1.55. The first-order valence-electron chi connectivity index (χ1n) is 6.95. The van der Waals surface area contributed by atoms with Gasteiger partial charge in [-0.1, -0.05) is 41.6 Å². The van der Waals surface area contributed by atoms with Crippen LogP contribution in [-0.4, -0.2) is 12.6 Å². The number of nitriles is 1. The lowest BCUT2D eigenvalue weighted by molar-refractivity contribution is -0.137. The largest absolute Gasteiger partial charge is 0.462 e. The first-order chi connectivity index (χ1) is 11.1. The number of esters is 1. The molecule has 0 saturated carbocycles. The summed E-state index contributed by atoms with van der Waals surface area (Å²) in [6, 6.07) is 16.9. The van der Waals surface area contributed by atoms with Gasteiger partial charge in [0.1, 0.15) is 11.6 Å². The SMILES string of the molecule is CCOC(=O)/C(C#N)=C/c1ccccc1Sc1ccc(Cl)cc1. The molecule has 116 valence electrons. The van der Waals surface area contributed by atoms with Crippen LogP contribution in [0.2, 0.25) is 5.02 Å². The highest BCUT2D eigenvalue weighted by molar-refractivity contribution is 7.99. The number of hydrogen-bond donors (Lipinski definition) is 0. The number of nitrogens with zero attached hydrogens (tertiary/aromatic N) is 1. The van der Waals surface area contributed by atoms with Crippen LogP contribution in [0.4, 0.5) is 0 Å². The van der Waals surface area contributed by atoms with Crippen molar-refractivity contribution >= 4 is 35.4 Å². The molecule has 0 aliphatic heterocycles. The highest BCUT2D eigenvalue weighted by Crippen LogP contribution is 2.32. The van der Waals surface area contributed by atoms with Gasteiger partial charge in [0, 0.05) is 14.8 Å². The minimum absolute atomic E-state index is 0.0176. The van der Waals surface area contributed by atoms with Crippen LogP contribution in [0.1, 0.15) is 12.5 Å². The molecular weight excluding hydrogens is 330 g/mol. The molecule has 0 radical (unpaired) electrons. The molecule has 0 aliphatic rings. The highest BCUT2D eigenvalue weighted by atomic mass is 35.5. The fourth-order valence-electron chi connectivity index (χ4n) is 1.82. The second-order valence-electron chi connectivity index (χ2n) is 4.48. The second kappa shape index (κ2) is 8.42. The van der Waals surface area contributed by atoms with Crippen molar-refractivity contribution in [2.75, 3.05) is 6.61 Å². The standard InChI is InChI=1S/C18H14ClNO2S/c1-2-22-18(21)14(12-20)11-13-5-3-4-6-17(13)23-16-9-7-15(19)8-10-16/h3-11H,2H2,1H3/b14-11+. The van der Waals surface area contributed by atoms with Gasteiger partial charge in [0.15, 0.2) is 0 Å². The van der Waals surface area contributed by atoms with Crippen molar-refractivity contribution in [1.82, 2.24) is 0 Å². The number of carbonyl (C=O) groups is 1. The first kappa shape index (κ1) is 17.1. The third-order valence-electron chi connectivity index (χ3n) is 2.88. The summed E-state index contributed by atoms with van der Waals surface area (Å²) in [5.41, 5.74) is 0.771. The lowest BCUT2D eigenvalue weighted by Crippen LogP contribution is -2.06. The molecule has 2 aromatic carbocycles. The van der Waals surface area contributed by atoms with Crippen molar-refractivity contribution in [2.24, 2.45) is 0 Å². The van der Waals surface area contributed by atoms with Gasteiger partial charge >= 0.3 is 5.97 Å². The van der Waals surface area contributed by atoms with E-state index in [1.807, 2.05) is 54.6 Å². The molecule has 0 aliphatic carbocycles. The van der Waals surface area contributed by atoms with E-state index in [2.05, 4.69) is 0 Å². The van der Waals surface area contributed by atoms with Crippen LogP contribution < -0.4 is 0 Å². The normalized spacial score (nSPS) is 10.9. The molecule has 23 heavy (non-hydrogen) atoms. The molecule has 0 aromatic heterocycles. The molecule has 0 N–H and O–H groups in total. The van der Waals surface area contributed by atoms with E-state index in [1.165, 1.54) is 11.8 Å². The Morgan fingerprint density at radius 2 is 1.96 bits per heavy atom. The molecule has 5 heteroatoms. The van der Waals surface area contributed by atoms with Crippen LogP contribution in [0.15, 0.2) is 63.9 Å². The van der Waals surface area contributed by atoms with Gasteiger partial charge in [0.25, 0.3) is 0 Å². The van der Waals surface area contributed by atoms with Gasteiger partial charge < -0.3 is 4.74 Å². The summed E-state index contributed by atoms with van der Waals surface area (Å²) >= 11 is 7.43. The number of ether oxygens (including phenoxy) is 1. The average Bonchev–Trinajstić information content (AvgIpc) is 2.56. The Kier molecular flexibility index (Phi) is 6.28. The van der Waals surface area contributed by atoms with Gasteiger partial charge in [-0.15, -0.1) is 0 Å². The number of rotatable bonds is 5. The van der Waals surface area contributed by atoms with Crippen molar-refractivity contribution in [3.05, 3.63) is 64.7 Å². The molecule has 0 fully saturated rings. The van der Waals surface area contributed by atoms with Crippen molar-refractivity contribution in [1.29, 1.82) is 5.26 Å². The quantitative estimate of drug-likeness (QED) is 0.437. The zero-order valence-corrected chi connectivity index (χ0v) is 14.0. The van der Waals surface area contributed by atoms with Crippen LogP contribution in [0.5, 0.6) is 0 Å². The lowest BCUT2D eigenvalue weighted by Gasteiger charge is -2.07. The monoisotopic (exact) mass is 343 g/mol. The Morgan fingerprint density at radius 3 is 2.61 bits per heavy atom. The Bertz CT molecular complexity index is 763. The van der Waals surface area contributed by atoms with Crippen LogP contribution in [0, 0.1) is 11.3 Å². The van der Waals surface area contributed by atoms with Gasteiger partial charge in [0.2, 0.25) is 0 Å². The average molecular weight is 344 g/mol. The Hall–Kier alpha value is -2.22. The Balaban J connectivity index is 2.31. The van der Waals surface area contributed by atoms with E-state index in [9.17, 15) is 4.79 Å². The molecule has 0 spiro atoms. The molecule has 0 unspecified atom stereocenters.